The van der Waals surface area contributed by atoms with E-state index in [1.54, 1.807) is 0 Å². The maximum Gasteiger partial charge on any atom is 0.306 e. The Hall–Kier alpha value is -1.67. The molecule has 8 heteroatoms. The Morgan fingerprint density at radius 3 is 1.00 bits per heavy atom. The SMILES string of the molecule is CCCCCCCCCCCCCCCCCCCCCCC(=O)OCC(COCCC(C(=O)[O-])[N+](C)(C)C)OC(=O)CCCCCCCCCCCCCCCCCCCC. The number of aliphatic carboxylic acids is 1. The van der Waals surface area contributed by atoms with E-state index in [0.29, 0.717) is 12.8 Å². The molecule has 0 aliphatic rings. The molecule has 0 rings (SSSR count). The third-order valence-electron chi connectivity index (χ3n) is 12.7. The van der Waals surface area contributed by atoms with Crippen molar-refractivity contribution in [1.29, 1.82) is 0 Å². The van der Waals surface area contributed by atoms with Crippen LogP contribution in [0.5, 0.6) is 0 Å². The number of unbranched alkanes of at least 4 members (excludes halogenated alkanes) is 36. The first-order valence-electron chi connectivity index (χ1n) is 27.1. The second-order valence-corrected chi connectivity index (χ2v) is 19.8. The number of esters is 2. The topological polar surface area (TPSA) is 102 Å². The van der Waals surface area contributed by atoms with Crippen LogP contribution in [-0.2, 0) is 28.6 Å². The van der Waals surface area contributed by atoms with E-state index in [0.717, 1.165) is 38.5 Å². The van der Waals surface area contributed by atoms with Crippen LogP contribution in [0.1, 0.15) is 277 Å². The minimum atomic E-state index is -1.12. The maximum atomic E-state index is 12.8. The van der Waals surface area contributed by atoms with Gasteiger partial charge in [0.05, 0.1) is 40.3 Å². The van der Waals surface area contributed by atoms with Gasteiger partial charge in [0.15, 0.2) is 6.10 Å². The molecule has 0 fully saturated rings. The van der Waals surface area contributed by atoms with Crippen molar-refractivity contribution in [2.75, 3.05) is 41.0 Å². The summed E-state index contributed by atoms with van der Waals surface area (Å²) in [5, 5.41) is 11.7. The Morgan fingerprint density at radius 1 is 0.419 bits per heavy atom. The van der Waals surface area contributed by atoms with E-state index in [9.17, 15) is 19.5 Å². The summed E-state index contributed by atoms with van der Waals surface area (Å²) in [6, 6.07) is -0.720. The van der Waals surface area contributed by atoms with Gasteiger partial charge < -0.3 is 28.6 Å². The molecule has 0 aliphatic carbocycles. The Kier molecular flexibility index (Phi) is 44.6. The number of ether oxygens (including phenoxy) is 3. The number of quaternary nitrogens is 1. The lowest BCUT2D eigenvalue weighted by molar-refractivity contribution is -0.889. The van der Waals surface area contributed by atoms with Gasteiger partial charge in [-0.05, 0) is 12.8 Å². The molecule has 0 aromatic carbocycles. The lowest BCUT2D eigenvalue weighted by Gasteiger charge is -2.34. The van der Waals surface area contributed by atoms with Crippen LogP contribution >= 0.6 is 0 Å². The van der Waals surface area contributed by atoms with Gasteiger partial charge in [-0.1, -0.05) is 245 Å². The fraction of sp³-hybridized carbons (Fsp3) is 0.944. The average molecular weight is 880 g/mol. The van der Waals surface area contributed by atoms with Crippen molar-refractivity contribution in [2.24, 2.45) is 0 Å². The van der Waals surface area contributed by atoms with Gasteiger partial charge in [0.2, 0.25) is 0 Å². The summed E-state index contributed by atoms with van der Waals surface area (Å²) >= 11 is 0. The van der Waals surface area contributed by atoms with Gasteiger partial charge in [0, 0.05) is 19.3 Å². The highest BCUT2D eigenvalue weighted by atomic mass is 16.6. The van der Waals surface area contributed by atoms with Crippen molar-refractivity contribution < 1.29 is 38.2 Å². The third kappa shape index (κ3) is 43.6. The molecule has 8 nitrogen and oxygen atoms in total. The standard InChI is InChI=1S/C54H105NO7/c1-6-8-10-12-14-16-18-20-22-24-26-27-29-30-32-34-36-38-40-42-44-52(56)61-49-50(48-60-47-46-51(54(58)59)55(3,4)5)62-53(57)45-43-41-39-37-35-33-31-28-25-23-21-19-17-15-13-11-9-7-2/h50-51H,6-49H2,1-5H3. The molecule has 2 atom stereocenters. The summed E-state index contributed by atoms with van der Waals surface area (Å²) in [6.45, 7) is 4.73. The van der Waals surface area contributed by atoms with Crippen molar-refractivity contribution >= 4 is 17.9 Å². The lowest BCUT2D eigenvalue weighted by Crippen LogP contribution is -2.55. The van der Waals surface area contributed by atoms with Crippen molar-refractivity contribution in [1.82, 2.24) is 0 Å². The van der Waals surface area contributed by atoms with Crippen LogP contribution in [0.3, 0.4) is 0 Å². The number of carbonyl (C=O) groups is 3. The molecule has 368 valence electrons. The Balaban J connectivity index is 4.15. The highest BCUT2D eigenvalue weighted by Gasteiger charge is 2.25. The van der Waals surface area contributed by atoms with Crippen LogP contribution in [0.25, 0.3) is 0 Å². The number of carboxylic acid groups (broad SMARTS) is 1. The van der Waals surface area contributed by atoms with E-state index in [1.165, 1.54) is 205 Å². The van der Waals surface area contributed by atoms with Crippen molar-refractivity contribution in [3.8, 4) is 0 Å². The number of rotatable bonds is 50. The lowest BCUT2D eigenvalue weighted by atomic mass is 10.0. The van der Waals surface area contributed by atoms with E-state index in [2.05, 4.69) is 13.8 Å². The van der Waals surface area contributed by atoms with Crippen molar-refractivity contribution in [3.63, 3.8) is 0 Å². The first kappa shape index (κ1) is 60.3. The van der Waals surface area contributed by atoms with Crippen LogP contribution in [0.15, 0.2) is 0 Å². The molecule has 0 aliphatic heterocycles. The number of nitrogens with zero attached hydrogens (tertiary/aromatic N) is 1. The molecule has 0 saturated heterocycles. The molecule has 0 saturated carbocycles. The predicted molar refractivity (Wildman–Crippen MR) is 259 cm³/mol. The fourth-order valence-corrected chi connectivity index (χ4v) is 8.55. The van der Waals surface area contributed by atoms with Gasteiger partial charge in [0.25, 0.3) is 0 Å². The number of hydrogen-bond donors (Lipinski definition) is 0. The molecule has 0 radical (unpaired) electrons. The van der Waals surface area contributed by atoms with Crippen LogP contribution in [0, 0.1) is 0 Å². The Bertz CT molecular complexity index is 982. The van der Waals surface area contributed by atoms with Gasteiger partial charge >= 0.3 is 11.9 Å². The minimum Gasteiger partial charge on any atom is -0.544 e. The summed E-state index contributed by atoms with van der Waals surface area (Å²) < 4.78 is 17.3. The number of likely N-dealkylation sites (N-methyl/N-ethyl adjacent to an activating group) is 1. The van der Waals surface area contributed by atoms with E-state index in [4.69, 9.17) is 14.2 Å². The molecule has 2 unspecified atom stereocenters. The zero-order valence-corrected chi connectivity index (χ0v) is 42.1. The zero-order valence-electron chi connectivity index (χ0n) is 42.1. The van der Waals surface area contributed by atoms with E-state index < -0.39 is 18.1 Å². The molecule has 0 N–H and O–H groups in total. The van der Waals surface area contributed by atoms with Crippen LogP contribution in [-0.4, -0.2) is 75.5 Å². The number of hydrogen-bond acceptors (Lipinski definition) is 7. The summed E-state index contributed by atoms with van der Waals surface area (Å²) in [6.07, 6.45) is 49.9. The molecule has 0 aromatic heterocycles. The molecule has 0 aromatic rings. The van der Waals surface area contributed by atoms with E-state index in [-0.39, 0.29) is 42.7 Å². The molecular formula is C54H105NO7. The smallest absolute Gasteiger partial charge is 0.306 e. The first-order valence-corrected chi connectivity index (χ1v) is 27.1. The normalized spacial score (nSPS) is 12.7. The first-order chi connectivity index (χ1) is 30.1. The maximum absolute atomic E-state index is 12.8. The van der Waals surface area contributed by atoms with Crippen molar-refractivity contribution in [2.45, 2.75) is 289 Å². The summed E-state index contributed by atoms with van der Waals surface area (Å²) in [5.74, 6) is -1.70. The highest BCUT2D eigenvalue weighted by Crippen LogP contribution is 2.17. The molecule has 0 spiro atoms. The predicted octanol–water partition coefficient (Wildman–Crippen LogP) is 14.3. The van der Waals surface area contributed by atoms with Gasteiger partial charge in [-0.3, -0.25) is 9.59 Å². The van der Waals surface area contributed by atoms with Gasteiger partial charge in [-0.2, -0.15) is 0 Å². The second-order valence-electron chi connectivity index (χ2n) is 19.8. The number of carbonyl (C=O) groups excluding carboxylic acids is 3. The van der Waals surface area contributed by atoms with Crippen LogP contribution < -0.4 is 5.11 Å². The quantitative estimate of drug-likeness (QED) is 0.0341. The van der Waals surface area contributed by atoms with Crippen LogP contribution in [0.2, 0.25) is 0 Å². The zero-order chi connectivity index (χ0) is 45.6. The number of carboxylic acids is 1. The monoisotopic (exact) mass is 880 g/mol. The van der Waals surface area contributed by atoms with Gasteiger partial charge in [0.1, 0.15) is 12.6 Å². The molecule has 0 heterocycles. The Labute approximate surface area is 385 Å². The minimum absolute atomic E-state index is 0.0500. The summed E-state index contributed by atoms with van der Waals surface area (Å²) in [7, 11) is 5.43. The highest BCUT2D eigenvalue weighted by molar-refractivity contribution is 5.70. The Morgan fingerprint density at radius 2 is 0.710 bits per heavy atom. The molecular weight excluding hydrogens is 775 g/mol. The summed E-state index contributed by atoms with van der Waals surface area (Å²) in [4.78, 5) is 37.1. The fourth-order valence-electron chi connectivity index (χ4n) is 8.55. The summed E-state index contributed by atoms with van der Waals surface area (Å²) in [5.41, 5.74) is 0. The van der Waals surface area contributed by atoms with E-state index >= 15 is 0 Å². The molecule has 0 bridgehead atoms. The van der Waals surface area contributed by atoms with Crippen molar-refractivity contribution in [3.05, 3.63) is 0 Å². The third-order valence-corrected chi connectivity index (χ3v) is 12.7. The van der Waals surface area contributed by atoms with Crippen LogP contribution in [0.4, 0.5) is 0 Å². The van der Waals surface area contributed by atoms with Gasteiger partial charge in [-0.15, -0.1) is 0 Å². The van der Waals surface area contributed by atoms with Gasteiger partial charge in [-0.25, -0.2) is 0 Å². The molecule has 0 amide bonds. The average Bonchev–Trinajstić information content (AvgIpc) is 3.23. The molecule has 62 heavy (non-hydrogen) atoms. The van der Waals surface area contributed by atoms with E-state index in [1.807, 2.05) is 21.1 Å². The largest absolute Gasteiger partial charge is 0.544 e. The second kappa shape index (κ2) is 45.9.